The Morgan fingerprint density at radius 1 is 1.11 bits per heavy atom. The van der Waals surface area contributed by atoms with E-state index in [0.717, 1.165) is 12.1 Å². The van der Waals surface area contributed by atoms with Crippen molar-refractivity contribution < 1.29 is 31.9 Å². The second-order valence-corrected chi connectivity index (χ2v) is 8.38. The summed E-state index contributed by atoms with van der Waals surface area (Å²) in [6, 6.07) is 6.73. The van der Waals surface area contributed by atoms with Crippen LogP contribution in [0.4, 0.5) is 34.6 Å². The number of pyridine rings is 2. The van der Waals surface area contributed by atoms with Gasteiger partial charge in [-0.1, -0.05) is 0 Å². The number of rotatable bonds is 7. The van der Waals surface area contributed by atoms with Gasteiger partial charge in [-0.2, -0.15) is 13.2 Å². The lowest BCUT2D eigenvalue weighted by Crippen LogP contribution is -2.59. The zero-order chi connectivity index (χ0) is 26.6. The average molecular weight is 518 g/mol. The van der Waals surface area contributed by atoms with Crippen LogP contribution in [0.15, 0.2) is 55.0 Å². The van der Waals surface area contributed by atoms with Crippen LogP contribution in [0.2, 0.25) is 0 Å². The SMILES string of the molecule is Nc1cncc(C(=O)N[C@@]2(C(=O)NCc3ccc(Nc4ccc(F)cc4C(F)(F)F)cn3)CCOC2)c1. The quantitative estimate of drug-likeness (QED) is 0.354. The van der Waals surface area contributed by atoms with Crippen LogP contribution >= 0.6 is 0 Å². The molecule has 0 spiro atoms. The van der Waals surface area contributed by atoms with Crippen molar-refractivity contribution >= 4 is 28.9 Å². The van der Waals surface area contributed by atoms with Crippen LogP contribution < -0.4 is 21.7 Å². The molecule has 0 radical (unpaired) electrons. The molecule has 0 aliphatic carbocycles. The first-order chi connectivity index (χ1) is 17.6. The molecule has 1 saturated heterocycles. The van der Waals surface area contributed by atoms with Gasteiger partial charge in [0.25, 0.3) is 5.91 Å². The molecule has 13 heteroatoms. The summed E-state index contributed by atoms with van der Waals surface area (Å²) < 4.78 is 58.3. The molecule has 2 aromatic heterocycles. The standard InChI is InChI=1S/C24H22F4N6O3/c25-15-1-4-20(19(8-15)24(26,27)28)33-18-3-2-17(31-12-18)11-32-22(36)23(5-6-37-13-23)34-21(35)14-7-16(29)10-30-9-14/h1-4,7-10,12,33H,5-6,11,13,29H2,(H,32,36)(H,34,35)/t23-/m0/s1. The predicted molar refractivity (Wildman–Crippen MR) is 125 cm³/mol. The van der Waals surface area contributed by atoms with Gasteiger partial charge in [-0.15, -0.1) is 0 Å². The van der Waals surface area contributed by atoms with E-state index in [9.17, 15) is 27.2 Å². The summed E-state index contributed by atoms with van der Waals surface area (Å²) in [4.78, 5) is 33.7. The molecule has 0 unspecified atom stereocenters. The molecule has 1 aliphatic heterocycles. The number of amides is 2. The highest BCUT2D eigenvalue weighted by molar-refractivity contribution is 5.99. The second-order valence-electron chi connectivity index (χ2n) is 8.38. The number of nitrogen functional groups attached to an aromatic ring is 1. The number of hydrogen-bond donors (Lipinski definition) is 4. The van der Waals surface area contributed by atoms with Gasteiger partial charge >= 0.3 is 6.18 Å². The van der Waals surface area contributed by atoms with E-state index in [1.807, 2.05) is 0 Å². The van der Waals surface area contributed by atoms with Crippen molar-refractivity contribution in [1.82, 2.24) is 20.6 Å². The number of benzene rings is 1. The van der Waals surface area contributed by atoms with Gasteiger partial charge in [0.15, 0.2) is 0 Å². The number of nitrogens with one attached hydrogen (secondary N) is 3. The molecule has 1 fully saturated rings. The number of ether oxygens (including phenoxy) is 1. The minimum Gasteiger partial charge on any atom is -0.397 e. The number of nitrogens with zero attached hydrogens (tertiary/aromatic N) is 2. The molecule has 5 N–H and O–H groups in total. The summed E-state index contributed by atoms with van der Waals surface area (Å²) >= 11 is 0. The van der Waals surface area contributed by atoms with Gasteiger partial charge in [-0.25, -0.2) is 4.39 Å². The van der Waals surface area contributed by atoms with E-state index < -0.39 is 34.9 Å². The number of halogens is 4. The largest absolute Gasteiger partial charge is 0.418 e. The van der Waals surface area contributed by atoms with E-state index in [1.54, 1.807) is 0 Å². The van der Waals surface area contributed by atoms with Crippen LogP contribution in [0.1, 0.15) is 28.0 Å². The fourth-order valence-electron chi connectivity index (χ4n) is 3.73. The van der Waals surface area contributed by atoms with Crippen LogP contribution in [-0.2, 0) is 22.3 Å². The highest BCUT2D eigenvalue weighted by Gasteiger charge is 2.43. The van der Waals surface area contributed by atoms with Gasteiger partial charge in [-0.05, 0) is 36.4 Å². The summed E-state index contributed by atoms with van der Waals surface area (Å²) in [7, 11) is 0. The predicted octanol–water partition coefficient (Wildman–Crippen LogP) is 3.17. The summed E-state index contributed by atoms with van der Waals surface area (Å²) in [5, 5.41) is 7.99. The van der Waals surface area contributed by atoms with E-state index in [4.69, 9.17) is 10.5 Å². The van der Waals surface area contributed by atoms with E-state index in [1.165, 1.54) is 36.8 Å². The molecule has 2 amide bonds. The Bertz CT molecular complexity index is 1290. The smallest absolute Gasteiger partial charge is 0.397 e. The first kappa shape index (κ1) is 25.8. The maximum atomic E-state index is 13.3. The lowest BCUT2D eigenvalue weighted by Gasteiger charge is -2.27. The molecule has 1 aliphatic rings. The number of alkyl halides is 3. The minimum atomic E-state index is -4.75. The van der Waals surface area contributed by atoms with Gasteiger partial charge in [0.2, 0.25) is 5.91 Å². The maximum Gasteiger partial charge on any atom is 0.418 e. The minimum absolute atomic E-state index is 0.0130. The molecule has 37 heavy (non-hydrogen) atoms. The number of hydrogen-bond acceptors (Lipinski definition) is 7. The zero-order valence-corrected chi connectivity index (χ0v) is 19.2. The Balaban J connectivity index is 1.40. The van der Waals surface area contributed by atoms with E-state index in [-0.39, 0.29) is 43.1 Å². The molecule has 9 nitrogen and oxygen atoms in total. The molecule has 3 aromatic rings. The van der Waals surface area contributed by atoms with Crippen molar-refractivity contribution in [2.24, 2.45) is 0 Å². The lowest BCUT2D eigenvalue weighted by molar-refractivity contribution is -0.137. The van der Waals surface area contributed by atoms with Gasteiger partial charge in [0.05, 0.1) is 53.2 Å². The van der Waals surface area contributed by atoms with Crippen LogP contribution in [0.3, 0.4) is 0 Å². The van der Waals surface area contributed by atoms with E-state index in [2.05, 4.69) is 25.9 Å². The Morgan fingerprint density at radius 2 is 1.92 bits per heavy atom. The summed E-state index contributed by atoms with van der Waals surface area (Å²) in [6.07, 6.45) is -0.498. The van der Waals surface area contributed by atoms with Crippen molar-refractivity contribution in [2.45, 2.75) is 24.7 Å². The van der Waals surface area contributed by atoms with Crippen molar-refractivity contribution in [2.75, 3.05) is 24.3 Å². The van der Waals surface area contributed by atoms with Crippen molar-refractivity contribution in [3.63, 3.8) is 0 Å². The third-order valence-electron chi connectivity index (χ3n) is 5.65. The van der Waals surface area contributed by atoms with Gasteiger partial charge in [0, 0.05) is 25.4 Å². The third kappa shape index (κ3) is 6.12. The molecule has 1 aromatic carbocycles. The Morgan fingerprint density at radius 3 is 2.57 bits per heavy atom. The highest BCUT2D eigenvalue weighted by Crippen LogP contribution is 2.36. The number of aromatic nitrogens is 2. The Kier molecular flexibility index (Phi) is 7.25. The molecule has 194 valence electrons. The second kappa shape index (κ2) is 10.4. The maximum absolute atomic E-state index is 13.3. The van der Waals surface area contributed by atoms with Crippen molar-refractivity contribution in [1.29, 1.82) is 0 Å². The number of carbonyl (C=O) groups is 2. The van der Waals surface area contributed by atoms with Gasteiger partial charge in [0.1, 0.15) is 11.4 Å². The van der Waals surface area contributed by atoms with E-state index >= 15 is 0 Å². The third-order valence-corrected chi connectivity index (χ3v) is 5.65. The van der Waals surface area contributed by atoms with Crippen molar-refractivity contribution in [3.05, 3.63) is 77.6 Å². The molecule has 0 bridgehead atoms. The summed E-state index contributed by atoms with van der Waals surface area (Å²) in [5.74, 6) is -2.03. The molecular formula is C24H22F4N6O3. The Labute approximate surface area is 208 Å². The lowest BCUT2D eigenvalue weighted by atomic mass is 9.96. The number of carbonyl (C=O) groups excluding carboxylic acids is 2. The molecular weight excluding hydrogens is 496 g/mol. The first-order valence-electron chi connectivity index (χ1n) is 11.0. The van der Waals surface area contributed by atoms with Crippen LogP contribution in [0, 0.1) is 5.82 Å². The molecule has 3 heterocycles. The molecule has 4 rings (SSSR count). The number of anilines is 3. The number of nitrogens with two attached hydrogens (primary N) is 1. The zero-order valence-electron chi connectivity index (χ0n) is 19.2. The fourth-order valence-corrected chi connectivity index (χ4v) is 3.73. The Hall–Kier alpha value is -4.26. The highest BCUT2D eigenvalue weighted by atomic mass is 19.4. The fraction of sp³-hybridized carbons (Fsp3) is 0.250. The normalized spacial score (nSPS) is 17.3. The molecule has 0 saturated carbocycles. The van der Waals surface area contributed by atoms with Crippen LogP contribution in [0.25, 0.3) is 0 Å². The summed E-state index contributed by atoms with van der Waals surface area (Å²) in [5.41, 5.74) is 4.02. The molecule has 1 atom stereocenters. The first-order valence-corrected chi connectivity index (χ1v) is 11.0. The van der Waals surface area contributed by atoms with Crippen molar-refractivity contribution in [3.8, 4) is 0 Å². The average Bonchev–Trinajstić information content (AvgIpc) is 3.33. The van der Waals surface area contributed by atoms with Crippen LogP contribution in [-0.4, -0.2) is 40.5 Å². The van der Waals surface area contributed by atoms with Gasteiger partial charge < -0.3 is 26.4 Å². The van der Waals surface area contributed by atoms with E-state index in [0.29, 0.717) is 17.4 Å². The monoisotopic (exact) mass is 518 g/mol. The summed E-state index contributed by atoms with van der Waals surface area (Å²) in [6.45, 7) is 0.224. The van der Waals surface area contributed by atoms with Gasteiger partial charge in [-0.3, -0.25) is 19.6 Å². The van der Waals surface area contributed by atoms with Crippen LogP contribution in [0.5, 0.6) is 0 Å². The topological polar surface area (TPSA) is 131 Å².